The zero-order valence-corrected chi connectivity index (χ0v) is 15.9. The van der Waals surface area contributed by atoms with Crippen LogP contribution in [-0.4, -0.2) is 52.2 Å². The number of likely N-dealkylation sites (tertiary alicyclic amines) is 1. The summed E-state index contributed by atoms with van der Waals surface area (Å²) in [5.41, 5.74) is 1.80. The van der Waals surface area contributed by atoms with Crippen molar-refractivity contribution in [3.63, 3.8) is 0 Å². The Morgan fingerprint density at radius 1 is 1.38 bits per heavy atom. The highest BCUT2D eigenvalue weighted by Gasteiger charge is 2.27. The van der Waals surface area contributed by atoms with Gasteiger partial charge < -0.3 is 19.5 Å². The highest BCUT2D eigenvalue weighted by molar-refractivity contribution is 5.74. The Morgan fingerprint density at radius 2 is 2.15 bits per heavy atom. The summed E-state index contributed by atoms with van der Waals surface area (Å²) in [7, 11) is 1.68. The molecule has 1 aliphatic rings. The Labute approximate surface area is 154 Å². The second-order valence-corrected chi connectivity index (χ2v) is 7.31. The normalized spacial score (nSPS) is 15.8. The van der Waals surface area contributed by atoms with Crippen LogP contribution in [0.2, 0.25) is 0 Å². The van der Waals surface area contributed by atoms with Crippen molar-refractivity contribution in [2.75, 3.05) is 26.7 Å². The molecule has 3 heterocycles. The summed E-state index contributed by atoms with van der Waals surface area (Å²) < 4.78 is 7.53. The molecule has 1 saturated heterocycles. The van der Waals surface area contributed by atoms with E-state index in [-0.39, 0.29) is 6.03 Å². The molecule has 2 aromatic rings. The molecule has 26 heavy (non-hydrogen) atoms. The van der Waals surface area contributed by atoms with E-state index in [0.29, 0.717) is 18.6 Å². The third kappa shape index (κ3) is 4.15. The van der Waals surface area contributed by atoms with Gasteiger partial charge in [0.05, 0.1) is 0 Å². The minimum Gasteiger partial charge on any atom is -0.377 e. The smallest absolute Gasteiger partial charge is 0.317 e. The van der Waals surface area contributed by atoms with Crippen LogP contribution in [0.15, 0.2) is 18.3 Å². The molecule has 7 heteroatoms. The van der Waals surface area contributed by atoms with E-state index in [1.54, 1.807) is 13.3 Å². The van der Waals surface area contributed by atoms with Crippen molar-refractivity contribution in [3.8, 4) is 0 Å². The quantitative estimate of drug-likeness (QED) is 0.861. The topological polar surface area (TPSA) is 72.3 Å². The standard InChI is InChI=1S/C19H29N5O2/c1-14(2)6-10-21-19(25)23-11-7-15(8-12-23)24-17(13-26-3)22-16-5-4-9-20-18(16)24/h4-5,9,14-15H,6-8,10-13H2,1-3H3,(H,21,25). The number of carbonyl (C=O) groups excluding carboxylic acids is 1. The lowest BCUT2D eigenvalue weighted by Crippen LogP contribution is -2.45. The number of imidazole rings is 1. The molecule has 0 spiro atoms. The Balaban J connectivity index is 1.65. The summed E-state index contributed by atoms with van der Waals surface area (Å²) in [5, 5.41) is 3.03. The number of aromatic nitrogens is 3. The average molecular weight is 359 g/mol. The van der Waals surface area contributed by atoms with Gasteiger partial charge in [-0.15, -0.1) is 0 Å². The average Bonchev–Trinajstić information content (AvgIpc) is 3.00. The first-order valence-electron chi connectivity index (χ1n) is 9.43. The number of hydrogen-bond acceptors (Lipinski definition) is 4. The number of nitrogens with zero attached hydrogens (tertiary/aromatic N) is 4. The van der Waals surface area contributed by atoms with Crippen LogP contribution >= 0.6 is 0 Å². The van der Waals surface area contributed by atoms with E-state index in [2.05, 4.69) is 33.7 Å². The van der Waals surface area contributed by atoms with Crippen molar-refractivity contribution in [3.05, 3.63) is 24.2 Å². The number of nitrogens with one attached hydrogen (secondary N) is 1. The van der Waals surface area contributed by atoms with Gasteiger partial charge in [-0.3, -0.25) is 0 Å². The van der Waals surface area contributed by atoms with Gasteiger partial charge in [0, 0.05) is 39.0 Å². The molecule has 0 radical (unpaired) electrons. The monoisotopic (exact) mass is 359 g/mol. The van der Waals surface area contributed by atoms with E-state index in [4.69, 9.17) is 4.74 Å². The first kappa shape index (κ1) is 18.6. The van der Waals surface area contributed by atoms with Crippen molar-refractivity contribution in [2.45, 2.75) is 45.8 Å². The second-order valence-electron chi connectivity index (χ2n) is 7.31. The Bertz CT molecular complexity index is 735. The number of ether oxygens (including phenoxy) is 1. The van der Waals surface area contributed by atoms with E-state index >= 15 is 0 Å². The molecule has 2 aromatic heterocycles. The highest BCUT2D eigenvalue weighted by atomic mass is 16.5. The third-order valence-electron chi connectivity index (χ3n) is 4.91. The van der Waals surface area contributed by atoms with E-state index < -0.39 is 0 Å². The molecule has 0 saturated carbocycles. The van der Waals surface area contributed by atoms with Crippen molar-refractivity contribution in [1.82, 2.24) is 24.8 Å². The number of piperidine rings is 1. The number of fused-ring (bicyclic) bond motifs is 1. The van der Waals surface area contributed by atoms with Crippen LogP contribution in [0.1, 0.15) is 45.0 Å². The molecule has 0 atom stereocenters. The van der Waals surface area contributed by atoms with Crippen molar-refractivity contribution in [2.24, 2.45) is 5.92 Å². The van der Waals surface area contributed by atoms with Gasteiger partial charge >= 0.3 is 6.03 Å². The first-order valence-corrected chi connectivity index (χ1v) is 9.43. The van der Waals surface area contributed by atoms with Gasteiger partial charge in [0.15, 0.2) is 5.65 Å². The van der Waals surface area contributed by atoms with Gasteiger partial charge in [0.2, 0.25) is 0 Å². The van der Waals surface area contributed by atoms with Crippen molar-refractivity contribution >= 4 is 17.2 Å². The number of urea groups is 1. The fourth-order valence-electron chi connectivity index (χ4n) is 3.50. The number of rotatable bonds is 6. The van der Waals surface area contributed by atoms with Gasteiger partial charge in [0.1, 0.15) is 17.9 Å². The maximum absolute atomic E-state index is 12.3. The lowest BCUT2D eigenvalue weighted by atomic mass is 10.0. The molecule has 0 unspecified atom stereocenters. The lowest BCUT2D eigenvalue weighted by molar-refractivity contribution is 0.157. The maximum Gasteiger partial charge on any atom is 0.317 e. The Morgan fingerprint density at radius 3 is 2.85 bits per heavy atom. The zero-order chi connectivity index (χ0) is 18.5. The molecule has 0 bridgehead atoms. The number of methoxy groups -OCH3 is 1. The zero-order valence-electron chi connectivity index (χ0n) is 15.9. The first-order chi connectivity index (χ1) is 12.6. The Hall–Kier alpha value is -2.15. The number of hydrogen-bond donors (Lipinski definition) is 1. The third-order valence-corrected chi connectivity index (χ3v) is 4.91. The Kier molecular flexibility index (Phi) is 6.08. The van der Waals surface area contributed by atoms with Crippen LogP contribution in [-0.2, 0) is 11.3 Å². The minimum atomic E-state index is 0.0508. The molecule has 142 valence electrons. The van der Waals surface area contributed by atoms with Gasteiger partial charge in [-0.1, -0.05) is 13.8 Å². The highest BCUT2D eigenvalue weighted by Crippen LogP contribution is 2.28. The van der Waals surface area contributed by atoms with Gasteiger partial charge in [-0.2, -0.15) is 0 Å². The van der Waals surface area contributed by atoms with E-state index in [0.717, 1.165) is 55.9 Å². The van der Waals surface area contributed by atoms with E-state index in [1.807, 2.05) is 17.0 Å². The summed E-state index contributed by atoms with van der Waals surface area (Å²) in [4.78, 5) is 23.4. The summed E-state index contributed by atoms with van der Waals surface area (Å²) in [6, 6.07) is 4.23. The molecule has 1 fully saturated rings. The molecule has 0 aliphatic carbocycles. The van der Waals surface area contributed by atoms with Crippen molar-refractivity contribution < 1.29 is 9.53 Å². The van der Waals surface area contributed by atoms with E-state index in [1.165, 1.54) is 0 Å². The summed E-state index contributed by atoms with van der Waals surface area (Å²) in [5.74, 6) is 1.50. The van der Waals surface area contributed by atoms with Crippen LogP contribution in [0.5, 0.6) is 0 Å². The molecule has 1 N–H and O–H groups in total. The maximum atomic E-state index is 12.3. The molecular formula is C19H29N5O2. The summed E-state index contributed by atoms with van der Waals surface area (Å²) in [6.07, 6.45) is 4.61. The van der Waals surface area contributed by atoms with Gasteiger partial charge in [-0.05, 0) is 37.3 Å². The van der Waals surface area contributed by atoms with Crippen LogP contribution in [0, 0.1) is 5.92 Å². The predicted molar refractivity (Wildman–Crippen MR) is 101 cm³/mol. The van der Waals surface area contributed by atoms with Gasteiger partial charge in [-0.25, -0.2) is 14.8 Å². The number of pyridine rings is 1. The second kappa shape index (κ2) is 8.49. The van der Waals surface area contributed by atoms with Crippen molar-refractivity contribution in [1.29, 1.82) is 0 Å². The molecular weight excluding hydrogens is 330 g/mol. The van der Waals surface area contributed by atoms with Crippen LogP contribution in [0.3, 0.4) is 0 Å². The number of carbonyl (C=O) groups is 1. The molecule has 0 aromatic carbocycles. The van der Waals surface area contributed by atoms with E-state index in [9.17, 15) is 4.79 Å². The molecule has 2 amide bonds. The summed E-state index contributed by atoms with van der Waals surface area (Å²) >= 11 is 0. The van der Waals surface area contributed by atoms with Crippen LogP contribution < -0.4 is 5.32 Å². The van der Waals surface area contributed by atoms with Crippen LogP contribution in [0.25, 0.3) is 11.2 Å². The molecule has 1 aliphatic heterocycles. The SMILES string of the molecule is COCc1nc2cccnc2n1C1CCN(C(=O)NCCC(C)C)CC1. The lowest BCUT2D eigenvalue weighted by Gasteiger charge is -2.33. The largest absolute Gasteiger partial charge is 0.377 e. The minimum absolute atomic E-state index is 0.0508. The summed E-state index contributed by atoms with van der Waals surface area (Å²) in [6.45, 7) is 7.03. The predicted octanol–water partition coefficient (Wildman–Crippen LogP) is 2.97. The molecule has 3 rings (SSSR count). The fraction of sp³-hybridized carbons (Fsp3) is 0.632. The van der Waals surface area contributed by atoms with Crippen LogP contribution in [0.4, 0.5) is 4.79 Å². The van der Waals surface area contributed by atoms with Gasteiger partial charge in [0.25, 0.3) is 0 Å². The number of amides is 2. The fourth-order valence-corrected chi connectivity index (χ4v) is 3.50. The molecule has 7 nitrogen and oxygen atoms in total.